The van der Waals surface area contributed by atoms with Crippen molar-refractivity contribution < 1.29 is 24.5 Å². The number of hydrogen-bond acceptors (Lipinski definition) is 6. The number of para-hydroxylation sites is 2. The van der Waals surface area contributed by atoms with Gasteiger partial charge >= 0.3 is 11.9 Å². The molecule has 8 nitrogen and oxygen atoms in total. The zero-order chi connectivity index (χ0) is 25.3. The van der Waals surface area contributed by atoms with Crippen LogP contribution in [0.3, 0.4) is 0 Å². The van der Waals surface area contributed by atoms with Crippen LogP contribution in [0.2, 0.25) is 0 Å². The first-order valence-electron chi connectivity index (χ1n) is 11.9. The van der Waals surface area contributed by atoms with Crippen LogP contribution in [0.4, 0.5) is 11.4 Å². The van der Waals surface area contributed by atoms with Crippen molar-refractivity contribution in [2.45, 2.75) is 19.3 Å². The van der Waals surface area contributed by atoms with Gasteiger partial charge in [0.2, 0.25) is 0 Å². The number of aromatic nitrogens is 1. The lowest BCUT2D eigenvalue weighted by molar-refractivity contribution is -0.137. The van der Waals surface area contributed by atoms with E-state index in [1.165, 1.54) is 6.07 Å². The molecule has 4 aromatic rings. The van der Waals surface area contributed by atoms with Gasteiger partial charge in [-0.2, -0.15) is 0 Å². The minimum Gasteiger partial charge on any atom is -0.481 e. The molecule has 0 bridgehead atoms. The Hall–Kier alpha value is -4.17. The van der Waals surface area contributed by atoms with E-state index >= 15 is 0 Å². The maximum Gasteiger partial charge on any atom is 0.335 e. The molecule has 0 saturated carbocycles. The fourth-order valence-corrected chi connectivity index (χ4v) is 4.12. The number of ether oxygens (including phenoxy) is 1. The van der Waals surface area contributed by atoms with Crippen LogP contribution in [0.15, 0.2) is 72.8 Å². The van der Waals surface area contributed by atoms with E-state index in [1.807, 2.05) is 41.3 Å². The molecule has 0 radical (unpaired) electrons. The highest BCUT2D eigenvalue weighted by Crippen LogP contribution is 2.30. The highest BCUT2D eigenvalue weighted by molar-refractivity contribution is 6.07. The van der Waals surface area contributed by atoms with Gasteiger partial charge in [0, 0.05) is 36.0 Å². The van der Waals surface area contributed by atoms with Crippen molar-refractivity contribution in [2.24, 2.45) is 0 Å². The van der Waals surface area contributed by atoms with Crippen LogP contribution in [0.1, 0.15) is 29.6 Å². The molecule has 0 aliphatic rings. The summed E-state index contributed by atoms with van der Waals surface area (Å²) in [7, 11) is 0. The Morgan fingerprint density at radius 2 is 1.58 bits per heavy atom. The zero-order valence-electron chi connectivity index (χ0n) is 19.9. The van der Waals surface area contributed by atoms with Gasteiger partial charge in [-0.1, -0.05) is 42.5 Å². The number of fused-ring (bicyclic) bond motifs is 2. The van der Waals surface area contributed by atoms with E-state index in [4.69, 9.17) is 14.8 Å². The van der Waals surface area contributed by atoms with Crippen LogP contribution in [0, 0.1) is 0 Å². The molecular weight excluding hydrogens is 458 g/mol. The smallest absolute Gasteiger partial charge is 0.335 e. The van der Waals surface area contributed by atoms with Crippen LogP contribution in [-0.4, -0.2) is 53.6 Å². The summed E-state index contributed by atoms with van der Waals surface area (Å²) < 4.78 is 5.90. The summed E-state index contributed by atoms with van der Waals surface area (Å²) in [5.41, 5.74) is 3.80. The summed E-state index contributed by atoms with van der Waals surface area (Å²) in [6.07, 6.45) is 1.22. The maximum atomic E-state index is 11.4. The number of aliphatic carboxylic acids is 1. The molecule has 3 N–H and O–H groups in total. The number of carboxylic acid groups (broad SMARTS) is 2. The minimum absolute atomic E-state index is 0.0346. The number of benzene rings is 3. The van der Waals surface area contributed by atoms with Crippen LogP contribution >= 0.6 is 0 Å². The summed E-state index contributed by atoms with van der Waals surface area (Å²) in [5, 5.41) is 24.0. The Morgan fingerprint density at radius 1 is 0.889 bits per heavy atom. The molecule has 1 aromatic heterocycles. The first-order chi connectivity index (χ1) is 17.5. The van der Waals surface area contributed by atoms with Gasteiger partial charge in [0.15, 0.2) is 0 Å². The molecular formula is C28H29N3O5. The third-order valence-electron chi connectivity index (χ3n) is 5.88. The number of anilines is 2. The fourth-order valence-electron chi connectivity index (χ4n) is 4.12. The highest BCUT2D eigenvalue weighted by atomic mass is 16.5. The number of nitrogens with one attached hydrogen (secondary N) is 1. The molecule has 0 unspecified atom stereocenters. The van der Waals surface area contributed by atoms with Crippen molar-refractivity contribution in [3.8, 4) is 0 Å². The predicted molar refractivity (Wildman–Crippen MR) is 141 cm³/mol. The van der Waals surface area contributed by atoms with Gasteiger partial charge in [-0.25, -0.2) is 9.78 Å². The normalized spacial score (nSPS) is 11.0. The number of carbonyl (C=O) groups is 2. The van der Waals surface area contributed by atoms with Crippen molar-refractivity contribution in [3.63, 3.8) is 0 Å². The Bertz CT molecular complexity index is 1300. The van der Waals surface area contributed by atoms with Crippen molar-refractivity contribution in [1.82, 2.24) is 4.98 Å². The highest BCUT2D eigenvalue weighted by Gasteiger charge is 2.12. The van der Waals surface area contributed by atoms with Gasteiger partial charge in [0.1, 0.15) is 6.73 Å². The summed E-state index contributed by atoms with van der Waals surface area (Å²) >= 11 is 0. The second-order valence-corrected chi connectivity index (χ2v) is 8.45. The van der Waals surface area contributed by atoms with E-state index in [0.29, 0.717) is 31.8 Å². The third-order valence-corrected chi connectivity index (χ3v) is 5.88. The van der Waals surface area contributed by atoms with Crippen LogP contribution in [-0.2, 0) is 9.53 Å². The largest absolute Gasteiger partial charge is 0.481 e. The molecule has 4 rings (SSSR count). The first kappa shape index (κ1) is 24.9. The van der Waals surface area contributed by atoms with Gasteiger partial charge in [0.25, 0.3) is 0 Å². The lowest BCUT2D eigenvalue weighted by Gasteiger charge is -2.25. The number of pyridine rings is 1. The first-order valence-corrected chi connectivity index (χ1v) is 11.9. The Kier molecular flexibility index (Phi) is 8.31. The second kappa shape index (κ2) is 12.0. The molecule has 0 spiro atoms. The molecule has 8 heteroatoms. The van der Waals surface area contributed by atoms with Crippen molar-refractivity contribution in [1.29, 1.82) is 0 Å². The molecule has 1 heterocycles. The van der Waals surface area contributed by atoms with Crippen molar-refractivity contribution >= 4 is 45.1 Å². The molecule has 3 aromatic carbocycles. The molecule has 36 heavy (non-hydrogen) atoms. The van der Waals surface area contributed by atoms with Crippen LogP contribution < -0.4 is 10.2 Å². The van der Waals surface area contributed by atoms with Gasteiger partial charge in [-0.05, 0) is 43.2 Å². The Labute approximate surface area is 209 Å². The third kappa shape index (κ3) is 6.28. The molecule has 0 aliphatic carbocycles. The molecule has 186 valence electrons. The second-order valence-electron chi connectivity index (χ2n) is 8.45. The monoisotopic (exact) mass is 487 g/mol. The molecule has 0 saturated heterocycles. The SMILES string of the molecule is O=C(O)CCCN(COCCCNc1c2ccccc2nc2ccccc12)c1cccc(C(=O)O)c1. The molecule has 0 aliphatic heterocycles. The van der Waals surface area contributed by atoms with Crippen LogP contribution in [0.25, 0.3) is 21.8 Å². The maximum absolute atomic E-state index is 11.4. The summed E-state index contributed by atoms with van der Waals surface area (Å²) in [5.74, 6) is -1.87. The Morgan fingerprint density at radius 3 is 2.25 bits per heavy atom. The van der Waals surface area contributed by atoms with E-state index in [9.17, 15) is 14.7 Å². The van der Waals surface area contributed by atoms with Gasteiger partial charge in [-0.15, -0.1) is 0 Å². The fraction of sp³-hybridized carbons (Fsp3) is 0.250. The lowest BCUT2D eigenvalue weighted by Crippen LogP contribution is -2.28. The van der Waals surface area contributed by atoms with Gasteiger partial charge in [-0.3, -0.25) is 4.79 Å². The molecule has 0 fully saturated rings. The van der Waals surface area contributed by atoms with Gasteiger partial charge in [0.05, 0.1) is 28.9 Å². The summed E-state index contributed by atoms with van der Waals surface area (Å²) in [6.45, 7) is 1.87. The number of hydrogen-bond donors (Lipinski definition) is 3. The minimum atomic E-state index is -1.01. The number of carboxylic acids is 2. The predicted octanol–water partition coefficient (Wildman–Crippen LogP) is 5.23. The topological polar surface area (TPSA) is 112 Å². The van der Waals surface area contributed by atoms with Crippen LogP contribution in [0.5, 0.6) is 0 Å². The van der Waals surface area contributed by atoms with E-state index in [-0.39, 0.29) is 18.7 Å². The Balaban J connectivity index is 1.35. The molecule has 0 atom stereocenters. The van der Waals surface area contributed by atoms with E-state index in [1.54, 1.807) is 18.2 Å². The van der Waals surface area contributed by atoms with E-state index < -0.39 is 11.9 Å². The average Bonchev–Trinajstić information content (AvgIpc) is 2.88. The number of aromatic carboxylic acids is 1. The summed E-state index contributed by atoms with van der Waals surface area (Å²) in [6, 6.07) is 22.7. The summed E-state index contributed by atoms with van der Waals surface area (Å²) in [4.78, 5) is 28.9. The standard InChI is InChI=1S/C28H29N3O5/c32-26(33)14-6-16-31(21-9-5-8-20(18-21)28(34)35)19-36-17-7-15-29-27-22-10-1-3-12-24(22)30-25-13-4-2-11-23(25)27/h1-5,8-13,18H,6-7,14-17,19H2,(H,29,30)(H,32,33)(H,34,35). The lowest BCUT2D eigenvalue weighted by atomic mass is 10.1. The van der Waals surface area contributed by atoms with E-state index in [0.717, 1.165) is 33.9 Å². The number of nitrogens with zero attached hydrogens (tertiary/aromatic N) is 2. The quantitative estimate of drug-likeness (QED) is 0.133. The van der Waals surface area contributed by atoms with Crippen molar-refractivity contribution in [2.75, 3.05) is 36.6 Å². The average molecular weight is 488 g/mol. The van der Waals surface area contributed by atoms with Gasteiger partial charge < -0.3 is 25.2 Å². The number of rotatable bonds is 13. The van der Waals surface area contributed by atoms with Crippen molar-refractivity contribution in [3.05, 3.63) is 78.4 Å². The molecule has 0 amide bonds. The zero-order valence-corrected chi connectivity index (χ0v) is 19.9. The van der Waals surface area contributed by atoms with E-state index in [2.05, 4.69) is 17.4 Å².